The lowest BCUT2D eigenvalue weighted by Crippen LogP contribution is -2.17. The Morgan fingerprint density at radius 2 is 2.13 bits per heavy atom. The van der Waals surface area contributed by atoms with E-state index >= 15 is 0 Å². The van der Waals surface area contributed by atoms with Crippen LogP contribution in [-0.4, -0.2) is 28.9 Å². The maximum Gasteiger partial charge on any atom is 0.358 e. The fraction of sp³-hybridized carbons (Fsp3) is 0.308. The number of hydrogen-bond acceptors (Lipinski definition) is 6. The first kappa shape index (κ1) is 17.4. The van der Waals surface area contributed by atoms with Crippen molar-refractivity contribution in [2.75, 3.05) is 6.61 Å². The van der Waals surface area contributed by atoms with E-state index < -0.39 is 20.8 Å². The van der Waals surface area contributed by atoms with E-state index in [9.17, 15) is 18.5 Å². The van der Waals surface area contributed by atoms with Crippen LogP contribution in [0.1, 0.15) is 19.2 Å². The van der Waals surface area contributed by atoms with Crippen molar-refractivity contribution in [3.63, 3.8) is 0 Å². The van der Waals surface area contributed by atoms with Gasteiger partial charge in [-0.15, -0.1) is 0 Å². The first-order valence-electron chi connectivity index (χ1n) is 6.65. The smallest absolute Gasteiger partial charge is 0.358 e. The highest BCUT2D eigenvalue weighted by Gasteiger charge is 2.32. The van der Waals surface area contributed by atoms with E-state index in [1.54, 1.807) is 0 Å². The van der Waals surface area contributed by atoms with E-state index in [4.69, 9.17) is 4.74 Å². The van der Waals surface area contributed by atoms with Crippen molar-refractivity contribution in [2.45, 2.75) is 25.2 Å². The number of nitrogens with zero attached hydrogens (tertiary/aromatic N) is 3. The van der Waals surface area contributed by atoms with Gasteiger partial charge >= 0.3 is 15.8 Å². The summed E-state index contributed by atoms with van der Waals surface area (Å²) < 4.78 is 32.1. The molecule has 0 saturated carbocycles. The van der Waals surface area contributed by atoms with Crippen LogP contribution >= 0.6 is 15.9 Å². The molecule has 0 bridgehead atoms. The van der Waals surface area contributed by atoms with Crippen molar-refractivity contribution in [3.8, 4) is 5.75 Å². The van der Waals surface area contributed by atoms with Crippen LogP contribution in [0.25, 0.3) is 0 Å². The summed E-state index contributed by atoms with van der Waals surface area (Å²) in [6.45, 7) is 3.73. The molecule has 1 aromatic carbocycles. The summed E-state index contributed by atoms with van der Waals surface area (Å²) in [5, 5.41) is 11.0. The van der Waals surface area contributed by atoms with Gasteiger partial charge in [0, 0.05) is 13.0 Å². The first-order chi connectivity index (χ1) is 10.8. The van der Waals surface area contributed by atoms with Gasteiger partial charge in [-0.1, -0.05) is 10.9 Å². The Hall–Kier alpha value is -1.94. The lowest BCUT2D eigenvalue weighted by atomic mass is 10.3. The zero-order chi connectivity index (χ0) is 17.2. The number of nitro groups is 1. The minimum atomic E-state index is -4.15. The number of ether oxygens (including phenoxy) is 1. The Labute approximate surface area is 141 Å². The van der Waals surface area contributed by atoms with Gasteiger partial charge < -0.3 is 14.9 Å². The standard InChI is InChI=1S/C13H14BrN3O5S/c1-3-6-22-12-7-10(4-5-11(12)14)23(20,21)16-9(2)15-8-13(16)17(18)19/h4-5,7-8H,3,6H2,1-2H3. The van der Waals surface area contributed by atoms with Gasteiger partial charge in [0.25, 0.3) is 0 Å². The molecule has 2 aromatic rings. The van der Waals surface area contributed by atoms with Crippen LogP contribution in [0.3, 0.4) is 0 Å². The van der Waals surface area contributed by atoms with Crippen LogP contribution in [0.4, 0.5) is 5.82 Å². The minimum absolute atomic E-state index is 0.00986. The number of imidazole rings is 1. The fourth-order valence-electron chi connectivity index (χ4n) is 1.91. The average Bonchev–Trinajstić information content (AvgIpc) is 2.89. The van der Waals surface area contributed by atoms with Crippen LogP contribution < -0.4 is 4.74 Å². The van der Waals surface area contributed by atoms with E-state index in [1.165, 1.54) is 25.1 Å². The van der Waals surface area contributed by atoms with Gasteiger partial charge in [-0.05, 0) is 39.4 Å². The minimum Gasteiger partial charge on any atom is -0.492 e. The number of hydrogen-bond donors (Lipinski definition) is 0. The fourth-order valence-corrected chi connectivity index (χ4v) is 3.74. The van der Waals surface area contributed by atoms with E-state index in [1.807, 2.05) is 6.92 Å². The summed E-state index contributed by atoms with van der Waals surface area (Å²) in [4.78, 5) is 13.8. The molecule has 0 amide bonds. The molecule has 10 heteroatoms. The van der Waals surface area contributed by atoms with E-state index in [-0.39, 0.29) is 10.7 Å². The SMILES string of the molecule is CCCOc1cc(S(=O)(=O)n2c([N+](=O)[O-])cnc2C)ccc1Br. The topological polar surface area (TPSA) is 104 Å². The molecule has 0 unspecified atom stereocenters. The molecule has 0 aliphatic carbocycles. The highest BCUT2D eigenvalue weighted by Crippen LogP contribution is 2.30. The third-order valence-electron chi connectivity index (χ3n) is 2.96. The molecular formula is C13H14BrN3O5S. The zero-order valence-corrected chi connectivity index (χ0v) is 14.8. The number of halogens is 1. The monoisotopic (exact) mass is 403 g/mol. The van der Waals surface area contributed by atoms with E-state index in [0.29, 0.717) is 20.8 Å². The summed E-state index contributed by atoms with van der Waals surface area (Å²) in [7, 11) is -4.15. The lowest BCUT2D eigenvalue weighted by molar-refractivity contribution is -0.390. The van der Waals surface area contributed by atoms with Crippen LogP contribution in [0.5, 0.6) is 5.75 Å². The number of rotatable bonds is 6. The molecule has 0 spiro atoms. The van der Waals surface area contributed by atoms with Gasteiger partial charge in [-0.3, -0.25) is 0 Å². The normalized spacial score (nSPS) is 11.4. The summed E-state index contributed by atoms with van der Waals surface area (Å²) in [6.07, 6.45) is 1.68. The largest absolute Gasteiger partial charge is 0.492 e. The maximum atomic E-state index is 12.7. The molecule has 2 rings (SSSR count). The predicted molar refractivity (Wildman–Crippen MR) is 86.1 cm³/mol. The summed E-state index contributed by atoms with van der Waals surface area (Å²) in [6, 6.07) is 4.20. The Balaban J connectivity index is 2.57. The lowest BCUT2D eigenvalue weighted by Gasteiger charge is -2.09. The molecule has 0 aliphatic heterocycles. The molecule has 8 nitrogen and oxygen atoms in total. The molecular weight excluding hydrogens is 390 g/mol. The highest BCUT2D eigenvalue weighted by molar-refractivity contribution is 9.10. The van der Waals surface area contributed by atoms with Crippen LogP contribution in [0.2, 0.25) is 0 Å². The van der Waals surface area contributed by atoms with Crippen LogP contribution in [-0.2, 0) is 10.0 Å². The molecule has 1 heterocycles. The van der Waals surface area contributed by atoms with E-state index in [0.717, 1.165) is 12.6 Å². The van der Waals surface area contributed by atoms with Gasteiger partial charge in [0.05, 0.1) is 11.1 Å². The van der Waals surface area contributed by atoms with Gasteiger partial charge in [-0.2, -0.15) is 8.42 Å². The number of aromatic nitrogens is 2. The summed E-state index contributed by atoms with van der Waals surface area (Å²) in [5.41, 5.74) is 0. The summed E-state index contributed by atoms with van der Waals surface area (Å²) in [5.74, 6) is -0.245. The van der Waals surface area contributed by atoms with Crippen molar-refractivity contribution in [1.29, 1.82) is 0 Å². The van der Waals surface area contributed by atoms with Crippen molar-refractivity contribution in [1.82, 2.24) is 8.96 Å². The summed E-state index contributed by atoms with van der Waals surface area (Å²) >= 11 is 3.28. The second kappa shape index (κ2) is 6.67. The van der Waals surface area contributed by atoms with Crippen molar-refractivity contribution >= 4 is 31.8 Å². The third kappa shape index (κ3) is 3.37. The molecule has 1 aromatic heterocycles. The second-order valence-electron chi connectivity index (χ2n) is 4.63. The van der Waals surface area contributed by atoms with Crippen LogP contribution in [0, 0.1) is 17.0 Å². The predicted octanol–water partition coefficient (Wildman–Crippen LogP) is 2.89. The number of aryl methyl sites for hydroxylation is 1. The molecule has 0 N–H and O–H groups in total. The molecule has 0 radical (unpaired) electrons. The molecule has 0 atom stereocenters. The quantitative estimate of drug-likeness (QED) is 0.542. The Morgan fingerprint density at radius 3 is 2.74 bits per heavy atom. The molecule has 23 heavy (non-hydrogen) atoms. The first-order valence-corrected chi connectivity index (χ1v) is 8.89. The third-order valence-corrected chi connectivity index (χ3v) is 5.40. The zero-order valence-electron chi connectivity index (χ0n) is 12.4. The second-order valence-corrected chi connectivity index (χ2v) is 7.27. The number of benzene rings is 1. The highest BCUT2D eigenvalue weighted by atomic mass is 79.9. The van der Waals surface area contributed by atoms with Gasteiger partial charge in [0.2, 0.25) is 5.82 Å². The Kier molecular flexibility index (Phi) is 5.05. The van der Waals surface area contributed by atoms with Crippen molar-refractivity contribution in [2.24, 2.45) is 0 Å². The van der Waals surface area contributed by atoms with Crippen molar-refractivity contribution in [3.05, 3.63) is 44.8 Å². The van der Waals surface area contributed by atoms with E-state index in [2.05, 4.69) is 20.9 Å². The van der Waals surface area contributed by atoms with Gasteiger partial charge in [0.15, 0.2) is 0 Å². The van der Waals surface area contributed by atoms with Gasteiger partial charge in [-0.25, -0.2) is 4.98 Å². The van der Waals surface area contributed by atoms with Crippen molar-refractivity contribution < 1.29 is 18.1 Å². The molecule has 0 fully saturated rings. The Bertz CT molecular complexity index is 847. The Morgan fingerprint density at radius 1 is 1.43 bits per heavy atom. The maximum absolute atomic E-state index is 12.7. The van der Waals surface area contributed by atoms with Crippen LogP contribution in [0.15, 0.2) is 33.8 Å². The molecule has 0 aliphatic rings. The molecule has 0 saturated heterocycles. The molecule has 124 valence electrons. The van der Waals surface area contributed by atoms with Gasteiger partial charge in [0.1, 0.15) is 16.8 Å². The average molecular weight is 404 g/mol.